The summed E-state index contributed by atoms with van der Waals surface area (Å²) < 4.78 is 19.3. The number of ether oxygens (including phenoxy) is 1. The summed E-state index contributed by atoms with van der Waals surface area (Å²) in [6.07, 6.45) is 18.0. The van der Waals surface area contributed by atoms with Crippen molar-refractivity contribution in [1.29, 1.82) is 0 Å². The number of carbonyl (C=O) groups excluding carboxylic acids is 2. The Labute approximate surface area is 297 Å². The Morgan fingerprint density at radius 2 is 1.44 bits per heavy atom. The molecule has 0 spiro atoms. The molecule has 48 heavy (non-hydrogen) atoms. The Bertz CT molecular complexity index is 1210. The van der Waals surface area contributed by atoms with Crippen molar-refractivity contribution >= 4 is 28.4 Å². The van der Waals surface area contributed by atoms with Crippen LogP contribution in [0.15, 0.2) is 35.5 Å². The van der Waals surface area contributed by atoms with Gasteiger partial charge in [-0.05, 0) is 138 Å². The van der Waals surface area contributed by atoms with Crippen molar-refractivity contribution in [3.05, 3.63) is 35.5 Å². The van der Waals surface area contributed by atoms with Crippen LogP contribution in [0.3, 0.4) is 0 Å². The highest BCUT2D eigenvalue weighted by Gasteiger charge is 2.50. The van der Waals surface area contributed by atoms with E-state index in [4.69, 9.17) is 13.6 Å². The zero-order valence-electron chi connectivity index (χ0n) is 33.6. The number of rotatable bonds is 11. The molecule has 0 bridgehead atoms. The molecular weight excluding hydrogens is 629 g/mol. The minimum absolute atomic E-state index is 0.175. The van der Waals surface area contributed by atoms with Gasteiger partial charge in [-0.25, -0.2) is 0 Å². The van der Waals surface area contributed by atoms with Gasteiger partial charge in [0, 0.05) is 0 Å². The fourth-order valence-electron chi connectivity index (χ4n) is 7.99. The lowest BCUT2D eigenvalue weighted by atomic mass is 9.61. The second kappa shape index (κ2) is 15.1. The van der Waals surface area contributed by atoms with E-state index >= 15 is 0 Å². The van der Waals surface area contributed by atoms with Gasteiger partial charge in [-0.2, -0.15) is 0 Å². The van der Waals surface area contributed by atoms with Crippen molar-refractivity contribution in [3.8, 4) is 0 Å². The zero-order valence-corrected chi connectivity index (χ0v) is 35.6. The quantitative estimate of drug-likeness (QED) is 0.0929. The average Bonchev–Trinajstić information content (AvgIpc) is 3.30. The minimum Gasteiger partial charge on any atom is -0.465 e. The largest absolute Gasteiger partial charge is 0.465 e. The summed E-state index contributed by atoms with van der Waals surface area (Å²) in [5.74, 6) is 0.706. The first kappa shape index (κ1) is 41.1. The van der Waals surface area contributed by atoms with Crippen LogP contribution in [0.4, 0.5) is 0 Å². The van der Waals surface area contributed by atoms with Gasteiger partial charge in [0.2, 0.25) is 0 Å². The van der Waals surface area contributed by atoms with Crippen LogP contribution in [0, 0.1) is 28.6 Å². The maximum atomic E-state index is 13.0. The maximum absolute atomic E-state index is 13.0. The number of esters is 1. The van der Waals surface area contributed by atoms with Crippen LogP contribution in [0.2, 0.25) is 36.3 Å². The van der Waals surface area contributed by atoms with Gasteiger partial charge >= 0.3 is 5.97 Å². The van der Waals surface area contributed by atoms with Gasteiger partial charge in [0.15, 0.2) is 22.4 Å². The monoisotopic (exact) mass is 700 g/mol. The Morgan fingerprint density at radius 3 is 1.94 bits per heavy atom. The second-order valence-electron chi connectivity index (χ2n) is 19.2. The van der Waals surface area contributed by atoms with Crippen molar-refractivity contribution in [3.63, 3.8) is 0 Å². The summed E-state index contributed by atoms with van der Waals surface area (Å²) in [4.78, 5) is 25.4. The topological polar surface area (TPSA) is 61.8 Å². The number of allylic oxidation sites excluding steroid dienone is 5. The van der Waals surface area contributed by atoms with Crippen LogP contribution in [0.5, 0.6) is 0 Å². The summed E-state index contributed by atoms with van der Waals surface area (Å²) in [6.45, 7) is 33.7. The number of hydrogen-bond donors (Lipinski definition) is 0. The fourth-order valence-corrected chi connectivity index (χ4v) is 10.7. The molecule has 0 aromatic heterocycles. The fraction of sp³-hybridized carbons (Fsp3) is 0.805. The summed E-state index contributed by atoms with van der Waals surface area (Å²) >= 11 is 0. The first-order valence-corrected chi connectivity index (χ1v) is 24.8. The summed E-state index contributed by atoms with van der Waals surface area (Å²) in [5.41, 5.74) is 2.12. The molecule has 0 aliphatic heterocycles. The number of hydrogen-bond acceptors (Lipinski definition) is 5. The predicted octanol–water partition coefficient (Wildman–Crippen LogP) is 11.4. The van der Waals surface area contributed by atoms with E-state index < -0.39 is 28.0 Å². The Balaban J connectivity index is 1.83. The lowest BCUT2D eigenvalue weighted by Crippen LogP contribution is -2.48. The normalized spacial score (nSPS) is 29.2. The van der Waals surface area contributed by atoms with Gasteiger partial charge in [0.1, 0.15) is 5.41 Å². The second-order valence-corrected chi connectivity index (χ2v) is 28.7. The summed E-state index contributed by atoms with van der Waals surface area (Å²) in [7, 11) is -3.84. The highest BCUT2D eigenvalue weighted by Crippen LogP contribution is 2.59. The van der Waals surface area contributed by atoms with Gasteiger partial charge in [0.05, 0.1) is 18.8 Å². The van der Waals surface area contributed by atoms with Crippen LogP contribution >= 0.6 is 0 Å². The first-order chi connectivity index (χ1) is 21.9. The van der Waals surface area contributed by atoms with E-state index in [0.717, 1.165) is 19.3 Å². The molecule has 3 aliphatic rings. The van der Waals surface area contributed by atoms with E-state index in [9.17, 15) is 9.59 Å². The molecular formula is C41H72O5Si2. The first-order valence-electron chi connectivity index (χ1n) is 19.0. The molecule has 0 unspecified atom stereocenters. The van der Waals surface area contributed by atoms with E-state index in [1.165, 1.54) is 37.7 Å². The van der Waals surface area contributed by atoms with Crippen LogP contribution in [-0.2, 0) is 23.2 Å². The van der Waals surface area contributed by atoms with Crippen LogP contribution in [0.25, 0.3) is 0 Å². The lowest BCUT2D eigenvalue weighted by molar-refractivity contribution is -0.156. The Kier molecular flexibility index (Phi) is 13.0. The molecule has 0 N–H and O–H groups in total. The smallest absolute Gasteiger partial charge is 0.319 e. The molecule has 3 aliphatic carbocycles. The van der Waals surface area contributed by atoms with Gasteiger partial charge in [-0.15, -0.1) is 0 Å². The van der Waals surface area contributed by atoms with E-state index in [-0.39, 0.29) is 46.0 Å². The molecule has 6 atom stereocenters. The number of fused-ring (bicyclic) bond motifs is 1. The van der Waals surface area contributed by atoms with Crippen molar-refractivity contribution in [1.82, 2.24) is 0 Å². The number of ketones is 1. The van der Waals surface area contributed by atoms with Crippen molar-refractivity contribution in [2.75, 3.05) is 6.61 Å². The van der Waals surface area contributed by atoms with E-state index in [0.29, 0.717) is 11.8 Å². The van der Waals surface area contributed by atoms with Crippen molar-refractivity contribution in [2.45, 2.75) is 176 Å². The van der Waals surface area contributed by atoms with Gasteiger partial charge in [0.25, 0.3) is 0 Å². The standard InChI is InChI=1S/C41H72O5Si2/c1-16-44-37(43)40(9,10)36(42)24-19-29(2)34-22-23-35-31(18-17-25-41(34,35)11)21-20-30-26-32(45-47(12,13)38(3,4)5)28-33(27-30)46-48(14,15)39(6,7)8/h19-21,24,29,32-35H,16-18,22-23,25-28H2,1-15H3/b24-19+,31-21+/t29-,32-,33-,34-,35+,41-/m1/s1. The molecule has 5 nitrogen and oxygen atoms in total. The third kappa shape index (κ3) is 9.33. The highest BCUT2D eigenvalue weighted by molar-refractivity contribution is 6.74. The molecule has 0 heterocycles. The maximum Gasteiger partial charge on any atom is 0.319 e. The molecule has 3 rings (SSSR count). The Morgan fingerprint density at radius 1 is 0.896 bits per heavy atom. The third-order valence-corrected chi connectivity index (χ3v) is 22.3. The lowest BCUT2D eigenvalue weighted by Gasteiger charge is -2.45. The van der Waals surface area contributed by atoms with Crippen LogP contribution in [-0.4, -0.2) is 47.2 Å². The molecule has 0 radical (unpaired) electrons. The summed E-state index contributed by atoms with van der Waals surface area (Å²) in [5, 5.41) is 0.350. The molecule has 0 amide bonds. The van der Waals surface area contributed by atoms with Crippen LogP contribution in [0.1, 0.15) is 128 Å². The molecule has 7 heteroatoms. The molecule has 3 fully saturated rings. The van der Waals surface area contributed by atoms with E-state index in [1.807, 2.05) is 0 Å². The molecule has 3 saturated carbocycles. The van der Waals surface area contributed by atoms with E-state index in [1.54, 1.807) is 32.4 Å². The van der Waals surface area contributed by atoms with Gasteiger partial charge in [-0.3, -0.25) is 9.59 Å². The molecule has 0 saturated heterocycles. The van der Waals surface area contributed by atoms with E-state index in [2.05, 4.69) is 99.8 Å². The summed E-state index contributed by atoms with van der Waals surface area (Å²) in [6, 6.07) is 0. The predicted molar refractivity (Wildman–Crippen MR) is 206 cm³/mol. The Hall–Kier alpha value is -1.29. The van der Waals surface area contributed by atoms with Crippen molar-refractivity contribution < 1.29 is 23.2 Å². The van der Waals surface area contributed by atoms with Crippen LogP contribution < -0.4 is 0 Å². The molecule has 0 aromatic rings. The van der Waals surface area contributed by atoms with Crippen molar-refractivity contribution in [2.24, 2.45) is 28.6 Å². The average molecular weight is 701 g/mol. The number of carbonyl (C=O) groups is 2. The zero-order chi connectivity index (χ0) is 36.5. The minimum atomic E-state index is -1.92. The highest BCUT2D eigenvalue weighted by atomic mass is 28.4. The molecule has 274 valence electrons. The SMILES string of the molecule is CCOC(=O)C(C)(C)C(=O)/C=C/[C@@H](C)[C@H]1CC[C@H]2/C(=C/C=C3C[C@@H](O[Si](C)(C)C(C)(C)C)C[C@H](O[Si](C)(C)C(C)(C)C)C3)CCC[C@]12C. The van der Waals surface area contributed by atoms with Gasteiger partial charge in [-0.1, -0.05) is 84.8 Å². The van der Waals surface area contributed by atoms with Gasteiger partial charge < -0.3 is 13.6 Å². The third-order valence-electron chi connectivity index (χ3n) is 13.2. The molecule has 0 aromatic carbocycles.